The summed E-state index contributed by atoms with van der Waals surface area (Å²) in [6.07, 6.45) is 8.67. The van der Waals surface area contributed by atoms with Crippen LogP contribution in [0.3, 0.4) is 0 Å². The van der Waals surface area contributed by atoms with Gasteiger partial charge in [0.2, 0.25) is 0 Å². The highest BCUT2D eigenvalue weighted by Gasteiger charge is 2.40. The number of piperidine rings is 2. The molecule has 2 aromatic rings. The van der Waals surface area contributed by atoms with Crippen molar-refractivity contribution >= 4 is 28.8 Å². The first kappa shape index (κ1) is 32.5. The third kappa shape index (κ3) is 9.29. The number of non-ortho nitro benzene ring substituents is 2. The molecule has 0 aromatic heterocycles. The van der Waals surface area contributed by atoms with Gasteiger partial charge >= 0.3 is 6.09 Å². The molecule has 2 saturated carbocycles. The molecule has 4 fully saturated rings. The second-order valence-electron chi connectivity index (χ2n) is 13.6. The highest BCUT2D eigenvalue weighted by molar-refractivity contribution is 5.69. The van der Waals surface area contributed by atoms with E-state index in [0.29, 0.717) is 12.1 Å². The lowest BCUT2D eigenvalue weighted by molar-refractivity contribution is -0.385. The van der Waals surface area contributed by atoms with Crippen molar-refractivity contribution in [3.05, 3.63) is 68.8 Å². The third-order valence-electron chi connectivity index (χ3n) is 8.80. The smallest absolute Gasteiger partial charge is 0.410 e. The summed E-state index contributed by atoms with van der Waals surface area (Å²) in [4.78, 5) is 39.8. The molecule has 0 atom stereocenters. The summed E-state index contributed by atoms with van der Waals surface area (Å²) in [6, 6.07) is 15.5. The quantitative estimate of drug-likeness (QED) is 0.267. The molecule has 0 radical (unpaired) electrons. The van der Waals surface area contributed by atoms with Crippen molar-refractivity contribution in [2.45, 2.75) is 102 Å². The van der Waals surface area contributed by atoms with Gasteiger partial charge in [0.05, 0.1) is 9.85 Å². The number of benzene rings is 2. The minimum atomic E-state index is -0.482. The summed E-state index contributed by atoms with van der Waals surface area (Å²) in [5, 5.41) is 25.1. The van der Waals surface area contributed by atoms with Crippen molar-refractivity contribution in [3.63, 3.8) is 0 Å². The van der Waals surface area contributed by atoms with Crippen molar-refractivity contribution in [3.8, 4) is 0 Å². The molecule has 0 unspecified atom stereocenters. The molecule has 12 heteroatoms. The molecule has 244 valence electrons. The molecule has 2 aliphatic heterocycles. The van der Waals surface area contributed by atoms with E-state index in [2.05, 4.69) is 15.1 Å². The van der Waals surface area contributed by atoms with E-state index in [1.54, 1.807) is 36.4 Å². The van der Waals surface area contributed by atoms with Gasteiger partial charge in [-0.15, -0.1) is 0 Å². The fourth-order valence-corrected chi connectivity index (χ4v) is 6.12. The molecule has 2 aromatic carbocycles. The van der Waals surface area contributed by atoms with Gasteiger partial charge in [0, 0.05) is 86.0 Å². The topological polar surface area (TPSA) is 134 Å². The Hall–Kier alpha value is -3.93. The van der Waals surface area contributed by atoms with E-state index >= 15 is 0 Å². The first-order chi connectivity index (χ1) is 21.5. The van der Waals surface area contributed by atoms with Crippen molar-refractivity contribution in [1.29, 1.82) is 0 Å². The molecule has 2 saturated heterocycles. The zero-order chi connectivity index (χ0) is 32.1. The van der Waals surface area contributed by atoms with E-state index < -0.39 is 5.60 Å². The summed E-state index contributed by atoms with van der Waals surface area (Å²) in [5.41, 5.74) is 1.87. The van der Waals surface area contributed by atoms with Crippen LogP contribution in [0.15, 0.2) is 48.5 Å². The molecule has 6 rings (SSSR count). The highest BCUT2D eigenvalue weighted by atomic mass is 16.6. The Morgan fingerprint density at radius 2 is 1.11 bits per heavy atom. The molecule has 1 N–H and O–H groups in total. The van der Waals surface area contributed by atoms with E-state index in [1.807, 2.05) is 37.8 Å². The van der Waals surface area contributed by atoms with E-state index in [9.17, 15) is 25.0 Å². The van der Waals surface area contributed by atoms with Crippen LogP contribution in [-0.4, -0.2) is 76.8 Å². The van der Waals surface area contributed by atoms with Gasteiger partial charge in [-0.3, -0.25) is 20.2 Å². The summed E-state index contributed by atoms with van der Waals surface area (Å²) in [5.74, 6) is 0. The van der Waals surface area contributed by atoms with Gasteiger partial charge in [0.25, 0.3) is 11.4 Å². The standard InChI is InChI=1S/C19H27N3O4.C14H19N3O2/c1-19(2,3)26-18(23)21(15-6-7-15)16-10-12-20(13-11-16)14-4-8-17(9-5-14)22(24)25;18-17(19)14-5-3-13(4-6-14)16-9-7-12(8-10-16)15-11-1-2-11/h4-5,8-9,15-16H,6-7,10-13H2,1-3H3;3-6,11-12,15H,1-2,7-10H2. The van der Waals surface area contributed by atoms with Crippen LogP contribution in [0.5, 0.6) is 0 Å². The first-order valence-corrected chi connectivity index (χ1v) is 16.2. The molecule has 2 aliphatic carbocycles. The lowest BCUT2D eigenvalue weighted by atomic mass is 10.0. The lowest BCUT2D eigenvalue weighted by Gasteiger charge is -2.40. The van der Waals surface area contributed by atoms with E-state index in [-0.39, 0.29) is 33.4 Å². The van der Waals surface area contributed by atoms with Gasteiger partial charge in [-0.2, -0.15) is 0 Å². The number of hydrogen-bond acceptors (Lipinski definition) is 9. The number of rotatable bonds is 8. The van der Waals surface area contributed by atoms with Crippen LogP contribution in [0.25, 0.3) is 0 Å². The number of amides is 1. The molecule has 4 aliphatic rings. The predicted molar refractivity (Wildman–Crippen MR) is 174 cm³/mol. The second-order valence-corrected chi connectivity index (χ2v) is 13.6. The second kappa shape index (κ2) is 14.0. The Bertz CT molecular complexity index is 1310. The number of nitrogens with zero attached hydrogens (tertiary/aromatic N) is 5. The number of nitro groups is 2. The first-order valence-electron chi connectivity index (χ1n) is 16.2. The van der Waals surface area contributed by atoms with Crippen LogP contribution >= 0.6 is 0 Å². The van der Waals surface area contributed by atoms with Crippen molar-refractivity contribution in [2.24, 2.45) is 0 Å². The Morgan fingerprint density at radius 3 is 1.49 bits per heavy atom. The molecule has 0 bridgehead atoms. The molecular formula is C33H46N6O6. The average Bonchev–Trinajstić information content (AvgIpc) is 3.95. The number of nitro benzene ring substituents is 2. The van der Waals surface area contributed by atoms with Gasteiger partial charge < -0.3 is 24.8 Å². The predicted octanol–water partition coefficient (Wildman–Crippen LogP) is 6.28. The monoisotopic (exact) mass is 622 g/mol. The summed E-state index contributed by atoms with van der Waals surface area (Å²) in [7, 11) is 0. The molecule has 1 amide bonds. The Balaban J connectivity index is 0.000000186. The highest BCUT2D eigenvalue weighted by Crippen LogP contribution is 2.34. The fraction of sp³-hybridized carbons (Fsp3) is 0.606. The molecular weight excluding hydrogens is 576 g/mol. The zero-order valence-corrected chi connectivity index (χ0v) is 26.6. The van der Waals surface area contributed by atoms with Gasteiger partial charge in [-0.25, -0.2) is 4.79 Å². The maximum absolute atomic E-state index is 12.6. The molecule has 2 heterocycles. The van der Waals surface area contributed by atoms with Gasteiger partial charge in [-0.05, 0) is 96.4 Å². The number of ether oxygens (including phenoxy) is 1. The van der Waals surface area contributed by atoms with Crippen LogP contribution in [0.2, 0.25) is 0 Å². The SMILES string of the molecule is CC(C)(C)OC(=O)N(C1CC1)C1CCN(c2ccc([N+](=O)[O-])cc2)CC1.O=[N+]([O-])c1ccc(N2CCC(NC3CC3)CC2)cc1. The maximum Gasteiger partial charge on any atom is 0.410 e. The summed E-state index contributed by atoms with van der Waals surface area (Å²) in [6.45, 7) is 9.40. The lowest BCUT2D eigenvalue weighted by Crippen LogP contribution is -2.50. The minimum absolute atomic E-state index is 0.105. The van der Waals surface area contributed by atoms with Crippen LogP contribution in [0.1, 0.15) is 72.1 Å². The van der Waals surface area contributed by atoms with Crippen molar-refractivity contribution in [1.82, 2.24) is 10.2 Å². The average molecular weight is 623 g/mol. The van der Waals surface area contributed by atoms with E-state index in [4.69, 9.17) is 4.74 Å². The Morgan fingerprint density at radius 1 is 0.711 bits per heavy atom. The van der Waals surface area contributed by atoms with Crippen LogP contribution in [0, 0.1) is 20.2 Å². The molecule has 45 heavy (non-hydrogen) atoms. The van der Waals surface area contributed by atoms with Crippen LogP contribution < -0.4 is 15.1 Å². The number of carbonyl (C=O) groups excluding carboxylic acids is 1. The van der Waals surface area contributed by atoms with Crippen molar-refractivity contribution < 1.29 is 19.4 Å². The number of carbonyl (C=O) groups is 1. The Labute approximate surface area is 265 Å². The summed E-state index contributed by atoms with van der Waals surface area (Å²) < 4.78 is 5.61. The van der Waals surface area contributed by atoms with Gasteiger partial charge in [0.1, 0.15) is 5.60 Å². The number of anilines is 2. The molecule has 0 spiro atoms. The van der Waals surface area contributed by atoms with Crippen LogP contribution in [0.4, 0.5) is 27.5 Å². The third-order valence-corrected chi connectivity index (χ3v) is 8.80. The van der Waals surface area contributed by atoms with Gasteiger partial charge in [-0.1, -0.05) is 0 Å². The molecule has 12 nitrogen and oxygen atoms in total. The number of nitrogens with one attached hydrogen (secondary N) is 1. The normalized spacial score (nSPS) is 19.4. The van der Waals surface area contributed by atoms with Gasteiger partial charge in [0.15, 0.2) is 0 Å². The fourth-order valence-electron chi connectivity index (χ4n) is 6.12. The zero-order valence-electron chi connectivity index (χ0n) is 26.6. The van der Waals surface area contributed by atoms with Crippen LogP contribution in [-0.2, 0) is 4.74 Å². The van der Waals surface area contributed by atoms with Crippen molar-refractivity contribution in [2.75, 3.05) is 36.0 Å². The summed E-state index contributed by atoms with van der Waals surface area (Å²) >= 11 is 0. The maximum atomic E-state index is 12.6. The number of hydrogen-bond donors (Lipinski definition) is 1. The van der Waals surface area contributed by atoms with E-state index in [1.165, 1.54) is 12.8 Å². The Kier molecular flexibility index (Phi) is 10.1. The van der Waals surface area contributed by atoms with E-state index in [0.717, 1.165) is 82.1 Å². The minimum Gasteiger partial charge on any atom is -0.444 e. The largest absolute Gasteiger partial charge is 0.444 e.